The first-order chi connectivity index (χ1) is 16.6. The van der Waals surface area contributed by atoms with E-state index in [0.717, 1.165) is 12.8 Å². The fraction of sp³-hybridized carbons (Fsp3) is 0.375. The third kappa shape index (κ3) is 5.99. The molecule has 1 aliphatic rings. The van der Waals surface area contributed by atoms with Gasteiger partial charge in [-0.15, -0.1) is 0 Å². The summed E-state index contributed by atoms with van der Waals surface area (Å²) < 4.78 is 56.3. The largest absolute Gasteiger partial charge is 0.360 e. The molecule has 0 saturated heterocycles. The second kappa shape index (κ2) is 11.8. The van der Waals surface area contributed by atoms with Crippen LogP contribution in [0.15, 0.2) is 64.0 Å². The second-order valence-electron chi connectivity index (χ2n) is 8.06. The number of carbonyl (C=O) groups is 1. The van der Waals surface area contributed by atoms with Crippen LogP contribution in [-0.4, -0.2) is 27.4 Å². The average molecular weight is 605 g/mol. The number of ketones is 1. The molecular weight excluding hydrogens is 577 g/mol. The summed E-state index contributed by atoms with van der Waals surface area (Å²) in [6, 6.07) is 12.0. The van der Waals surface area contributed by atoms with Crippen molar-refractivity contribution in [1.29, 1.82) is 0 Å². The highest BCUT2D eigenvalue weighted by atomic mass is 79.9. The highest BCUT2D eigenvalue weighted by molar-refractivity contribution is 9.12. The van der Waals surface area contributed by atoms with Gasteiger partial charge in [0.05, 0.1) is 22.6 Å². The van der Waals surface area contributed by atoms with Crippen molar-refractivity contribution >= 4 is 50.9 Å². The molecule has 0 aromatic heterocycles. The van der Waals surface area contributed by atoms with Crippen LogP contribution in [0, 0.1) is 0 Å². The first kappa shape index (κ1) is 28.3. The summed E-state index contributed by atoms with van der Waals surface area (Å²) in [4.78, 5) is 12.9. The van der Waals surface area contributed by atoms with Gasteiger partial charge in [-0.3, -0.25) is 9.36 Å². The lowest BCUT2D eigenvalue weighted by Crippen LogP contribution is -2.47. The fourth-order valence-electron chi connectivity index (χ4n) is 3.61. The molecule has 1 atom stereocenters. The highest BCUT2D eigenvalue weighted by Crippen LogP contribution is 2.67. The maximum Gasteiger partial charge on any atom is 0.360 e. The van der Waals surface area contributed by atoms with E-state index in [4.69, 9.17) is 20.6 Å². The molecule has 7 nitrogen and oxygen atoms in total. The van der Waals surface area contributed by atoms with E-state index in [1.807, 2.05) is 13.8 Å². The number of rotatable bonds is 12. The lowest BCUT2D eigenvalue weighted by Gasteiger charge is -2.40. The average Bonchev–Trinajstić information content (AvgIpc) is 2.83. The van der Waals surface area contributed by atoms with Crippen molar-refractivity contribution < 1.29 is 26.8 Å². The SMILES string of the molecule is CCCCOP(=O)(OCCCC)C1(NS(=O)(=O)c2ccc(Cl)cc2)C=C(Br)C(=O)c2ccccc21. The molecular formula is C24H28BrClNO6PS. The molecule has 0 saturated carbocycles. The van der Waals surface area contributed by atoms with Crippen molar-refractivity contribution in [2.45, 2.75) is 49.7 Å². The third-order valence-electron chi connectivity index (χ3n) is 5.50. The Kier molecular flexibility index (Phi) is 9.54. The van der Waals surface area contributed by atoms with Crippen molar-refractivity contribution in [2.24, 2.45) is 0 Å². The van der Waals surface area contributed by atoms with Gasteiger partial charge in [-0.1, -0.05) is 62.6 Å². The first-order valence-electron chi connectivity index (χ1n) is 11.3. The predicted molar refractivity (Wildman–Crippen MR) is 141 cm³/mol. The van der Waals surface area contributed by atoms with Crippen LogP contribution < -0.4 is 4.72 Å². The zero-order valence-electron chi connectivity index (χ0n) is 19.5. The maximum atomic E-state index is 14.6. The molecule has 0 aliphatic heterocycles. The predicted octanol–water partition coefficient (Wildman–Crippen LogP) is 6.77. The van der Waals surface area contributed by atoms with Crippen LogP contribution in [0.3, 0.4) is 0 Å². The monoisotopic (exact) mass is 603 g/mol. The van der Waals surface area contributed by atoms with Gasteiger partial charge >= 0.3 is 7.60 Å². The van der Waals surface area contributed by atoms with Crippen LogP contribution in [0.5, 0.6) is 0 Å². The molecule has 0 fully saturated rings. The number of allylic oxidation sites excluding steroid dienone is 1. The number of benzene rings is 2. The topological polar surface area (TPSA) is 98.8 Å². The molecule has 190 valence electrons. The van der Waals surface area contributed by atoms with Gasteiger partial charge in [0.25, 0.3) is 0 Å². The summed E-state index contributed by atoms with van der Waals surface area (Å²) in [6.45, 7) is 4.09. The smallest absolute Gasteiger partial charge is 0.307 e. The normalized spacial score (nSPS) is 18.3. The minimum absolute atomic E-state index is 0.0495. The molecule has 11 heteroatoms. The number of fused-ring (bicyclic) bond motifs is 1. The number of carbonyl (C=O) groups excluding carboxylic acids is 1. The van der Waals surface area contributed by atoms with Crippen LogP contribution in [0.2, 0.25) is 5.02 Å². The van der Waals surface area contributed by atoms with Gasteiger partial charge in [-0.05, 0) is 59.1 Å². The lowest BCUT2D eigenvalue weighted by atomic mass is 9.92. The Morgan fingerprint density at radius 2 is 1.57 bits per heavy atom. The number of nitrogens with one attached hydrogen (secondary N) is 1. The summed E-state index contributed by atoms with van der Waals surface area (Å²) >= 11 is 9.20. The fourth-order valence-corrected chi connectivity index (χ4v) is 8.47. The first-order valence-corrected chi connectivity index (χ1v) is 15.5. The van der Waals surface area contributed by atoms with Crippen molar-refractivity contribution in [3.63, 3.8) is 0 Å². The van der Waals surface area contributed by atoms with Gasteiger partial charge in [-0.2, -0.15) is 4.72 Å². The Morgan fingerprint density at radius 3 is 2.14 bits per heavy atom. The molecule has 0 radical (unpaired) electrons. The Hall–Kier alpha value is -1.32. The minimum Gasteiger partial charge on any atom is -0.307 e. The van der Waals surface area contributed by atoms with Crippen molar-refractivity contribution in [1.82, 2.24) is 4.72 Å². The van der Waals surface area contributed by atoms with Gasteiger partial charge < -0.3 is 9.05 Å². The molecule has 0 bridgehead atoms. The van der Waals surface area contributed by atoms with Crippen molar-refractivity contribution in [3.05, 3.63) is 75.2 Å². The number of hydrogen-bond acceptors (Lipinski definition) is 6. The van der Waals surface area contributed by atoms with Crippen LogP contribution in [0.25, 0.3) is 0 Å². The van der Waals surface area contributed by atoms with Gasteiger partial charge in [0.1, 0.15) is 0 Å². The number of hydrogen-bond donors (Lipinski definition) is 1. The zero-order chi connectivity index (χ0) is 25.7. The summed E-state index contributed by atoms with van der Waals surface area (Å²) in [5.74, 6) is -0.365. The summed E-state index contributed by atoms with van der Waals surface area (Å²) in [7, 11) is -8.56. The minimum atomic E-state index is -4.28. The number of Topliss-reactive ketones (excluding diaryl/α,β-unsaturated/α-hetero) is 1. The summed E-state index contributed by atoms with van der Waals surface area (Å²) in [5.41, 5.74) is 0.390. The third-order valence-corrected chi connectivity index (χ3v) is 10.4. The van der Waals surface area contributed by atoms with E-state index >= 15 is 0 Å². The van der Waals surface area contributed by atoms with E-state index in [2.05, 4.69) is 20.7 Å². The van der Waals surface area contributed by atoms with Crippen LogP contribution in [-0.2, 0) is 28.9 Å². The van der Waals surface area contributed by atoms with Gasteiger partial charge in [0, 0.05) is 16.1 Å². The quantitative estimate of drug-likeness (QED) is 0.212. The van der Waals surface area contributed by atoms with Crippen LogP contribution in [0.4, 0.5) is 0 Å². The highest BCUT2D eigenvalue weighted by Gasteiger charge is 2.57. The second-order valence-corrected chi connectivity index (χ2v) is 13.3. The summed E-state index contributed by atoms with van der Waals surface area (Å²) in [5, 5.41) is -1.62. The molecule has 35 heavy (non-hydrogen) atoms. The van der Waals surface area contributed by atoms with E-state index in [1.54, 1.807) is 24.3 Å². The number of sulfonamides is 1. The maximum absolute atomic E-state index is 14.6. The van der Waals surface area contributed by atoms with Crippen molar-refractivity contribution in [3.8, 4) is 0 Å². The molecule has 0 heterocycles. The number of unbranched alkanes of at least 4 members (excludes halogenated alkanes) is 2. The number of halogens is 2. The molecule has 2 aromatic carbocycles. The van der Waals surface area contributed by atoms with Crippen LogP contribution >= 0.6 is 35.1 Å². The van der Waals surface area contributed by atoms with Crippen LogP contribution in [0.1, 0.15) is 55.5 Å². The Morgan fingerprint density at radius 1 is 1.00 bits per heavy atom. The van der Waals surface area contributed by atoms with Gasteiger partial charge in [0.2, 0.25) is 10.0 Å². The van der Waals surface area contributed by atoms with E-state index in [1.165, 1.54) is 30.3 Å². The van der Waals surface area contributed by atoms with Crippen molar-refractivity contribution in [2.75, 3.05) is 13.2 Å². The van der Waals surface area contributed by atoms with E-state index in [-0.39, 0.29) is 39.5 Å². The standard InChI is InChI=1S/C24H28BrClNO6PS/c1-3-5-15-32-34(29,33-16-6-4-2)24(27-35(30,31)19-13-11-18(26)12-14-19)17-22(25)23(28)20-9-7-8-10-21(20)24/h7-14,17,27H,3-6,15-16H2,1-2H3. The molecule has 1 N–H and O–H groups in total. The lowest BCUT2D eigenvalue weighted by molar-refractivity contribution is 0.103. The Balaban J connectivity index is 2.26. The summed E-state index contributed by atoms with van der Waals surface area (Å²) in [6.07, 6.45) is 4.02. The molecule has 2 aromatic rings. The van der Waals surface area contributed by atoms with E-state index < -0.39 is 22.9 Å². The van der Waals surface area contributed by atoms with E-state index in [0.29, 0.717) is 17.9 Å². The van der Waals surface area contributed by atoms with Gasteiger partial charge in [0.15, 0.2) is 11.1 Å². The molecule has 0 amide bonds. The molecule has 1 aliphatic carbocycles. The molecule has 1 unspecified atom stereocenters. The Bertz CT molecular complexity index is 1240. The molecule has 0 spiro atoms. The molecule has 3 rings (SSSR count). The zero-order valence-corrected chi connectivity index (χ0v) is 23.6. The van der Waals surface area contributed by atoms with E-state index in [9.17, 15) is 17.8 Å². The Labute approximate surface area is 220 Å². The van der Waals surface area contributed by atoms with Gasteiger partial charge in [-0.25, -0.2) is 8.42 Å².